The molecular weight excluding hydrogens is 1980 g/mol. The summed E-state index contributed by atoms with van der Waals surface area (Å²) in [7, 11) is 0. The lowest BCUT2D eigenvalue weighted by atomic mass is 9.65. The van der Waals surface area contributed by atoms with Crippen molar-refractivity contribution in [3.63, 3.8) is 0 Å². The third kappa shape index (κ3) is 24.5. The summed E-state index contributed by atoms with van der Waals surface area (Å²) in [4.78, 5) is 104. The summed E-state index contributed by atoms with van der Waals surface area (Å²) in [6.45, 7) is 48.6. The Morgan fingerprint density at radius 3 is 1.17 bits per heavy atom. The summed E-state index contributed by atoms with van der Waals surface area (Å²) in [5, 5.41) is 67.6. The van der Waals surface area contributed by atoms with Crippen molar-refractivity contribution in [1.29, 1.82) is 0 Å². The predicted octanol–water partition coefficient (Wildman–Crippen LogP) is 22.0. The Kier molecular flexibility index (Phi) is 33.1. The zero-order chi connectivity index (χ0) is 106. The summed E-state index contributed by atoms with van der Waals surface area (Å²) >= 11 is 27.8. The van der Waals surface area contributed by atoms with Crippen LogP contribution in [0, 0.1) is 118 Å². The van der Waals surface area contributed by atoms with Gasteiger partial charge in [0.2, 0.25) is 23.8 Å². The maximum atomic E-state index is 11.5. The highest BCUT2D eigenvalue weighted by Gasteiger charge is 2.54. The molecule has 0 spiro atoms. The van der Waals surface area contributed by atoms with E-state index in [1.54, 1.807) is 31.4 Å². The third-order valence-corrected chi connectivity index (χ3v) is 37.8. The Hall–Kier alpha value is -9.60. The van der Waals surface area contributed by atoms with Crippen LogP contribution in [0.15, 0.2) is 96.6 Å². The van der Waals surface area contributed by atoms with Gasteiger partial charge >= 0.3 is 23.9 Å². The number of thiophene rings is 1. The second kappa shape index (κ2) is 45.2. The first kappa shape index (κ1) is 109. The number of hydrogen-bond acceptors (Lipinski definition) is 26. The molecule has 5 aromatic heterocycles. The van der Waals surface area contributed by atoms with Crippen LogP contribution in [0.25, 0.3) is 10.2 Å². The molecule has 9 N–H and O–H groups in total. The number of aliphatic carboxylic acids is 4. The van der Waals surface area contributed by atoms with Gasteiger partial charge in [-0.3, -0.25) is 24.1 Å². The second-order valence-corrected chi connectivity index (χ2v) is 50.0. The van der Waals surface area contributed by atoms with Crippen LogP contribution in [0.1, 0.15) is 256 Å². The number of hydrogen-bond donors (Lipinski definition) is 9. The van der Waals surface area contributed by atoms with Gasteiger partial charge in [0.25, 0.3) is 0 Å². The lowest BCUT2D eigenvalue weighted by molar-refractivity contribution is -0.159. The van der Waals surface area contributed by atoms with E-state index in [2.05, 4.69) is 160 Å². The first-order valence-electron chi connectivity index (χ1n) is 54.4. The maximum absolute atomic E-state index is 11.5. The quantitative estimate of drug-likeness (QED) is 0.0210. The van der Waals surface area contributed by atoms with Crippen LogP contribution in [0.5, 0.6) is 0 Å². The minimum Gasteiger partial charge on any atom is -0.481 e. The van der Waals surface area contributed by atoms with E-state index in [9.17, 15) is 44.7 Å². The SMILES string of the molecule is Cc1ccc(C(C)Nc2nc(N3CC(C4CCCN(C5(C)CC(C(=O)O)C5)C4)C3)nc3ccsc23)c(Cl)c1.Cc1ccc(C(C)Nc2nc(N3CC(C4CCCN(C5CC(C(=O)O)C5)C4)C3)nc(C)c2C)c(Cl)c1.Cc1ccc(C(C)Nc2nc(N3CC(C4CCCN(C5CC(C)(C(=O)O)C5)C4)C3)ncc2C(C)(C)O)c(Cl)c1.Cc1ccc(C(C)Nc2nc(N3CC(C4CCCN(C5CC(C)(C(=O)O)C5)C4)C3)ncc2C)c(Cl)c1. The minimum absolute atomic E-state index is 0.0158. The number of aliphatic hydroxyl groups is 1. The Bertz CT molecular complexity index is 6320. The number of nitrogens with one attached hydrogen (secondary N) is 4. The van der Waals surface area contributed by atoms with E-state index in [4.69, 9.17) is 76.3 Å². The number of fused-ring (bicyclic) bond motifs is 1. The second-order valence-electron chi connectivity index (χ2n) is 47.5. The Morgan fingerprint density at radius 1 is 0.409 bits per heavy atom. The summed E-state index contributed by atoms with van der Waals surface area (Å²) in [5.74, 6) is 8.46. The van der Waals surface area contributed by atoms with Crippen LogP contribution in [0.2, 0.25) is 20.1 Å². The summed E-state index contributed by atoms with van der Waals surface area (Å²) in [5.41, 5.74) is 11.3. The number of carbonyl (C=O) groups is 4. The molecule has 4 aromatic carbocycles. The number of benzene rings is 4. The van der Waals surface area contributed by atoms with E-state index >= 15 is 0 Å². The number of nitrogens with zero attached hydrogens (tertiary/aromatic N) is 16. The molecule has 13 heterocycles. The van der Waals surface area contributed by atoms with Crippen molar-refractivity contribution in [3.05, 3.63) is 184 Å². The number of halogens is 4. The van der Waals surface area contributed by atoms with Gasteiger partial charge < -0.3 is 81.1 Å². The van der Waals surface area contributed by atoms with Crippen molar-refractivity contribution in [2.45, 2.75) is 267 Å². The Balaban J connectivity index is 0.000000130. The van der Waals surface area contributed by atoms with E-state index in [1.165, 1.54) is 51.4 Å². The van der Waals surface area contributed by atoms with Gasteiger partial charge in [0.05, 0.1) is 62.7 Å². The van der Waals surface area contributed by atoms with Crippen LogP contribution in [0.3, 0.4) is 0 Å². The molecule has 8 aliphatic heterocycles. The fraction of sp³-hybridized carbons (Fsp3) is 0.600. The fourth-order valence-electron chi connectivity index (χ4n) is 25.3. The third-order valence-electron chi connectivity index (χ3n) is 35.6. The molecule has 8 saturated heterocycles. The van der Waals surface area contributed by atoms with E-state index in [0.29, 0.717) is 87.8 Å². The highest BCUT2D eigenvalue weighted by Crippen LogP contribution is 2.51. The van der Waals surface area contributed by atoms with Gasteiger partial charge in [0.15, 0.2) is 0 Å². The number of piperidine rings is 4. The van der Waals surface area contributed by atoms with E-state index < -0.39 is 40.3 Å². The summed E-state index contributed by atoms with van der Waals surface area (Å²) < 4.78 is 1.07. The van der Waals surface area contributed by atoms with Crippen molar-refractivity contribution < 1.29 is 44.7 Å². The highest BCUT2D eigenvalue weighted by molar-refractivity contribution is 7.17. The molecule has 0 amide bonds. The molecule has 4 saturated carbocycles. The lowest BCUT2D eigenvalue weighted by Gasteiger charge is -2.55. The first-order chi connectivity index (χ1) is 70.8. The average Bonchev–Trinajstić information content (AvgIpc) is 1.27. The van der Waals surface area contributed by atoms with Crippen LogP contribution >= 0.6 is 57.7 Å². The van der Waals surface area contributed by atoms with Crippen LogP contribution in [0.4, 0.5) is 47.1 Å². The molecule has 149 heavy (non-hydrogen) atoms. The molecule has 9 aromatic rings. The molecule has 12 fully saturated rings. The Labute approximate surface area is 903 Å². The molecule has 4 aliphatic carbocycles. The number of anilines is 8. The summed E-state index contributed by atoms with van der Waals surface area (Å²) in [6.07, 6.45) is 19.7. The normalized spacial score (nSPS) is 26.9. The first-order valence-corrected chi connectivity index (χ1v) is 56.8. The van der Waals surface area contributed by atoms with Gasteiger partial charge in [-0.25, -0.2) is 19.9 Å². The van der Waals surface area contributed by atoms with Gasteiger partial charge in [0, 0.05) is 157 Å². The molecule has 0 radical (unpaired) electrons. The van der Waals surface area contributed by atoms with Gasteiger partial charge in [-0.2, -0.15) is 19.9 Å². The van der Waals surface area contributed by atoms with E-state index in [-0.39, 0.29) is 41.5 Å². The van der Waals surface area contributed by atoms with Crippen molar-refractivity contribution in [2.24, 2.45) is 70.0 Å². The zero-order valence-corrected chi connectivity index (χ0v) is 93.5. The van der Waals surface area contributed by atoms with Gasteiger partial charge in [-0.15, -0.1) is 11.3 Å². The van der Waals surface area contributed by atoms with Crippen molar-refractivity contribution in [3.8, 4) is 0 Å². The highest BCUT2D eigenvalue weighted by atomic mass is 35.5. The maximum Gasteiger partial charge on any atom is 0.309 e. The smallest absolute Gasteiger partial charge is 0.309 e. The van der Waals surface area contributed by atoms with Crippen LogP contribution in [-0.4, -0.2) is 237 Å². The van der Waals surface area contributed by atoms with Crippen molar-refractivity contribution in [1.82, 2.24) is 59.5 Å². The lowest BCUT2D eigenvalue weighted by Crippen LogP contribution is -2.61. The topological polar surface area (TPSA) is 347 Å². The Morgan fingerprint density at radius 2 is 0.765 bits per heavy atom. The molecule has 21 rings (SSSR count). The molecule has 8 unspecified atom stereocenters. The van der Waals surface area contributed by atoms with E-state index in [1.807, 2.05) is 98.0 Å². The fourth-order valence-corrected chi connectivity index (χ4v) is 27.6. The van der Waals surface area contributed by atoms with Crippen molar-refractivity contribution >= 4 is 139 Å². The van der Waals surface area contributed by atoms with E-state index in [0.717, 1.165) is 278 Å². The largest absolute Gasteiger partial charge is 0.481 e. The number of aryl methyl sites for hydroxylation is 6. The predicted molar refractivity (Wildman–Crippen MR) is 596 cm³/mol. The molecule has 12 aliphatic rings. The number of rotatable bonds is 29. The standard InChI is InChI=1S/C30H42ClN5O3.C29H36ClN5O2S.2C28H38ClN5O2/c1-18-8-9-23(25(31)11-18)19(2)33-26-24(29(3,4)39)14-32-28(34-26)36-16-21(17-36)20-7-6-10-35(15-20)22-12-30(5,13-22)27(37)38;1-17-6-7-22(23(30)11-17)18(2)31-26-25-24(8-10-38-25)32-28(33-26)34-14-21(15-34)19-5-4-9-35(16-19)29(3)12-20(13-29)27(36)37;1-17-7-8-23(24(29)10-17)19(3)31-25-18(2)13-30-27(32-25)34-15-21(16-34)20-6-5-9-33(14-20)22-11-28(4,12-22)26(35)36;1-16-7-8-24(25(29)10-16)19(4)30-26-17(2)18(3)31-28(32-26)34-14-22(15-34)20-6-5-9-33(13-20)23-11-21(12-23)27(35)36/h8-9,11,14,19-22,39H,6-7,10,12-13,15-17H2,1-5H3,(H,37,38)(H,32,33,34);6-8,10-11,18-21H,4-5,9,12-16H2,1-3H3,(H,36,37)(H,31,32,33);7-8,10,13,19-22H,5-6,9,11-12,14-16H2,1-4H3,(H,35,36)(H,30,31,32);7-8,10,19-23H,5-6,9,11-15H2,1-4H3,(H,35,36)(H,30,31,32). The molecule has 0 bridgehead atoms. The average molecular weight is 2130 g/mol. The zero-order valence-electron chi connectivity index (χ0n) is 89.6. The molecule has 8 atom stereocenters. The van der Waals surface area contributed by atoms with Gasteiger partial charge in [-0.1, -0.05) is 94.9 Å². The molecule has 802 valence electrons. The molecule has 29 nitrogen and oxygen atoms in total. The number of aromatic nitrogens is 8. The van der Waals surface area contributed by atoms with Crippen LogP contribution < -0.4 is 40.9 Å². The monoisotopic (exact) mass is 2130 g/mol. The van der Waals surface area contributed by atoms with Gasteiger partial charge in [-0.05, 0) is 367 Å². The van der Waals surface area contributed by atoms with Crippen LogP contribution in [-0.2, 0) is 24.8 Å². The van der Waals surface area contributed by atoms with Gasteiger partial charge in [0.1, 0.15) is 23.3 Å². The number of likely N-dealkylation sites (tertiary alicyclic amines) is 4. The minimum atomic E-state index is -1.10. The van der Waals surface area contributed by atoms with Crippen molar-refractivity contribution in [2.75, 3.05) is 146 Å². The molecule has 34 heteroatoms. The summed E-state index contributed by atoms with van der Waals surface area (Å²) in [6, 6.07) is 27.9. The number of carboxylic acids is 4. The number of carboxylic acid groups (broad SMARTS) is 4. The molecular formula is C115H154Cl4N20O9S.